The Hall–Kier alpha value is -0.780. The zero-order valence-corrected chi connectivity index (χ0v) is 11.3. The first kappa shape index (κ1) is 15.3. The Balaban J connectivity index is 2.19. The number of nitrogens with zero attached hydrogens (tertiary/aromatic N) is 1. The van der Waals surface area contributed by atoms with Crippen molar-refractivity contribution in [3.8, 4) is 0 Å². The molecule has 6 nitrogen and oxygen atoms in total. The van der Waals surface area contributed by atoms with Crippen molar-refractivity contribution < 1.29 is 27.8 Å². The van der Waals surface area contributed by atoms with Gasteiger partial charge in [-0.25, -0.2) is 4.57 Å². The highest BCUT2D eigenvalue weighted by Gasteiger charge is 2.10. The molecule has 0 aliphatic rings. The number of phosphoric acid groups is 1. The van der Waals surface area contributed by atoms with Crippen molar-refractivity contribution in [1.29, 1.82) is 0 Å². The number of ether oxygens (including phenoxy) is 1. The van der Waals surface area contributed by atoms with Crippen LogP contribution in [0, 0.1) is 0 Å². The van der Waals surface area contributed by atoms with E-state index in [1.54, 1.807) is 7.11 Å². The summed E-state index contributed by atoms with van der Waals surface area (Å²) >= 11 is 0. The van der Waals surface area contributed by atoms with Gasteiger partial charge < -0.3 is 18.7 Å². The highest BCUT2D eigenvalue weighted by atomic mass is 31.2. The van der Waals surface area contributed by atoms with Gasteiger partial charge in [-0.15, -0.1) is 0 Å². The summed E-state index contributed by atoms with van der Waals surface area (Å²) in [6.07, 6.45) is 4.18. The number of hydrogen-bond donors (Lipinski definition) is 0. The van der Waals surface area contributed by atoms with Gasteiger partial charge in [0.15, 0.2) is 18.9 Å². The lowest BCUT2D eigenvalue weighted by Gasteiger charge is -2.21. The molecule has 0 N–H and O–H groups in total. The van der Waals surface area contributed by atoms with Gasteiger partial charge in [-0.2, -0.15) is 0 Å². The molecule has 18 heavy (non-hydrogen) atoms. The second-order valence-corrected chi connectivity index (χ2v) is 4.98. The molecule has 0 bridgehead atoms. The highest BCUT2D eigenvalue weighted by molar-refractivity contribution is 7.45. The fourth-order valence-corrected chi connectivity index (χ4v) is 1.99. The average molecular weight is 275 g/mol. The summed E-state index contributed by atoms with van der Waals surface area (Å²) < 4.78 is 27.3. The molecule has 0 aromatic carbocycles. The Kier molecular flexibility index (Phi) is 7.08. The predicted molar refractivity (Wildman–Crippen MR) is 62.6 cm³/mol. The molecule has 0 aliphatic heterocycles. The first-order valence-corrected chi connectivity index (χ1v) is 7.13. The summed E-state index contributed by atoms with van der Waals surface area (Å²) in [6, 6.07) is 5.60. The van der Waals surface area contributed by atoms with Gasteiger partial charge in [0.1, 0.15) is 6.61 Å². The molecule has 0 aliphatic carbocycles. The Labute approximate surface area is 107 Å². The first-order chi connectivity index (χ1) is 8.64. The summed E-state index contributed by atoms with van der Waals surface area (Å²) in [5, 5.41) is 0. The molecule has 1 rings (SSSR count). The van der Waals surface area contributed by atoms with Crippen LogP contribution in [0.15, 0.2) is 30.6 Å². The smallest absolute Gasteiger partial charge is 0.268 e. The van der Waals surface area contributed by atoms with Crippen LogP contribution < -0.4 is 9.46 Å². The standard InChI is InChI=1S/C11H18NO5P/c1-15-9-5-10-16-18(13,14)17-11-8-12-6-3-2-4-7-12/h2-4,6-7H,5,8-11H2,1H3. The van der Waals surface area contributed by atoms with E-state index in [1.165, 1.54) is 0 Å². The monoisotopic (exact) mass is 275 g/mol. The quantitative estimate of drug-likeness (QED) is 0.373. The summed E-state index contributed by atoms with van der Waals surface area (Å²) in [5.41, 5.74) is 0. The largest absolute Gasteiger partial charge is 0.756 e. The van der Waals surface area contributed by atoms with Crippen LogP contribution in [-0.4, -0.2) is 26.9 Å². The second-order valence-electron chi connectivity index (χ2n) is 3.57. The summed E-state index contributed by atoms with van der Waals surface area (Å²) in [7, 11) is -2.64. The van der Waals surface area contributed by atoms with Crippen LogP contribution in [0.1, 0.15) is 6.42 Å². The molecule has 0 saturated carbocycles. The molecule has 1 atom stereocenters. The van der Waals surface area contributed by atoms with Crippen molar-refractivity contribution in [3.63, 3.8) is 0 Å². The maximum atomic E-state index is 11.3. The van der Waals surface area contributed by atoms with Crippen molar-refractivity contribution in [1.82, 2.24) is 0 Å². The number of phosphoric ester groups is 1. The number of pyridine rings is 1. The zero-order valence-electron chi connectivity index (χ0n) is 10.4. The molecule has 0 spiro atoms. The lowest BCUT2D eigenvalue weighted by atomic mass is 10.5. The Bertz CT molecular complexity index is 373. The third kappa shape index (κ3) is 6.83. The first-order valence-electron chi connectivity index (χ1n) is 5.67. The molecule has 0 radical (unpaired) electrons. The summed E-state index contributed by atoms with van der Waals surface area (Å²) in [4.78, 5) is 11.3. The topological polar surface area (TPSA) is 71.7 Å². The van der Waals surface area contributed by atoms with Gasteiger partial charge in [-0.3, -0.25) is 4.57 Å². The van der Waals surface area contributed by atoms with E-state index < -0.39 is 7.82 Å². The van der Waals surface area contributed by atoms with Gasteiger partial charge in [0, 0.05) is 25.8 Å². The molecule has 1 heterocycles. The third-order valence-electron chi connectivity index (χ3n) is 2.12. The number of methoxy groups -OCH3 is 1. The highest BCUT2D eigenvalue weighted by Crippen LogP contribution is 2.37. The molecule has 1 aromatic heterocycles. The zero-order chi connectivity index (χ0) is 13.3. The molecular formula is C11H18NO5P. The molecule has 0 fully saturated rings. The van der Waals surface area contributed by atoms with Crippen molar-refractivity contribution in [2.45, 2.75) is 13.0 Å². The van der Waals surface area contributed by atoms with Gasteiger partial charge in [-0.05, 0) is 6.42 Å². The molecule has 1 aromatic rings. The van der Waals surface area contributed by atoms with E-state index in [0.717, 1.165) is 0 Å². The van der Waals surface area contributed by atoms with E-state index in [4.69, 9.17) is 9.26 Å². The molecular weight excluding hydrogens is 257 g/mol. The van der Waals surface area contributed by atoms with Crippen LogP contribution in [0.2, 0.25) is 0 Å². The van der Waals surface area contributed by atoms with E-state index in [0.29, 0.717) is 19.6 Å². The Morgan fingerprint density at radius 2 is 1.78 bits per heavy atom. The number of rotatable bonds is 9. The molecule has 0 saturated heterocycles. The molecule has 102 valence electrons. The fourth-order valence-electron chi connectivity index (χ4n) is 1.26. The van der Waals surface area contributed by atoms with Crippen molar-refractivity contribution in [2.75, 3.05) is 26.9 Å². The fraction of sp³-hybridized carbons (Fsp3) is 0.545. The van der Waals surface area contributed by atoms with Crippen LogP contribution in [0.5, 0.6) is 0 Å². The third-order valence-corrected chi connectivity index (χ3v) is 3.12. The lowest BCUT2D eigenvalue weighted by molar-refractivity contribution is -0.697. The second kappa shape index (κ2) is 8.34. The normalized spacial score (nSPS) is 14.3. The van der Waals surface area contributed by atoms with Crippen molar-refractivity contribution in [2.24, 2.45) is 0 Å². The molecule has 1 unspecified atom stereocenters. The summed E-state index contributed by atoms with van der Waals surface area (Å²) in [5.74, 6) is 0. The maximum absolute atomic E-state index is 11.3. The lowest BCUT2D eigenvalue weighted by Crippen LogP contribution is -2.34. The van der Waals surface area contributed by atoms with Crippen molar-refractivity contribution >= 4 is 7.82 Å². The van der Waals surface area contributed by atoms with E-state index in [2.05, 4.69) is 4.52 Å². The van der Waals surface area contributed by atoms with Crippen LogP contribution >= 0.6 is 7.82 Å². The molecule has 7 heteroatoms. The van der Waals surface area contributed by atoms with Gasteiger partial charge in [0.25, 0.3) is 7.82 Å². The predicted octanol–water partition coefficient (Wildman–Crippen LogP) is 0.512. The number of aromatic nitrogens is 1. The van der Waals surface area contributed by atoms with Gasteiger partial charge >= 0.3 is 0 Å². The Morgan fingerprint density at radius 1 is 1.11 bits per heavy atom. The minimum absolute atomic E-state index is 0.0553. The number of hydrogen-bond acceptors (Lipinski definition) is 5. The maximum Gasteiger partial charge on any atom is 0.268 e. The SMILES string of the molecule is COCCCOP(=O)([O-])OCC[n+]1ccccc1. The van der Waals surface area contributed by atoms with Crippen LogP contribution in [0.3, 0.4) is 0 Å². The molecule has 0 amide bonds. The van der Waals surface area contributed by atoms with Crippen LogP contribution in [0.4, 0.5) is 0 Å². The van der Waals surface area contributed by atoms with E-state index in [1.807, 2.05) is 35.2 Å². The Morgan fingerprint density at radius 3 is 2.44 bits per heavy atom. The average Bonchev–Trinajstić information content (AvgIpc) is 2.36. The van der Waals surface area contributed by atoms with Gasteiger partial charge in [0.05, 0.1) is 6.61 Å². The minimum atomic E-state index is -4.19. The van der Waals surface area contributed by atoms with Gasteiger partial charge in [-0.1, -0.05) is 6.07 Å². The van der Waals surface area contributed by atoms with Crippen LogP contribution in [0.25, 0.3) is 0 Å². The van der Waals surface area contributed by atoms with Gasteiger partial charge in [0.2, 0.25) is 0 Å². The summed E-state index contributed by atoms with van der Waals surface area (Å²) in [6.45, 7) is 1.04. The van der Waals surface area contributed by atoms with Crippen molar-refractivity contribution in [3.05, 3.63) is 30.6 Å². The van der Waals surface area contributed by atoms with E-state index in [-0.39, 0.29) is 13.2 Å². The minimum Gasteiger partial charge on any atom is -0.756 e. The van der Waals surface area contributed by atoms with Crippen LogP contribution in [-0.2, 0) is 24.9 Å². The van der Waals surface area contributed by atoms with E-state index >= 15 is 0 Å². The van der Waals surface area contributed by atoms with E-state index in [9.17, 15) is 9.46 Å².